The quantitative estimate of drug-likeness (QED) is 0.527. The zero-order chi connectivity index (χ0) is 18.7. The third kappa shape index (κ3) is 3.12. The molecule has 7 heteroatoms. The van der Waals surface area contributed by atoms with Crippen molar-refractivity contribution in [2.45, 2.75) is 0 Å². The van der Waals surface area contributed by atoms with Crippen LogP contribution in [-0.2, 0) is 4.74 Å². The van der Waals surface area contributed by atoms with Crippen molar-refractivity contribution in [3.8, 4) is 5.69 Å². The number of carbonyl (C=O) groups excluding carboxylic acids is 2. The highest BCUT2D eigenvalue weighted by atomic mass is 32.1. The second-order valence-electron chi connectivity index (χ2n) is 5.32. The maximum Gasteiger partial charge on any atom is 0.355 e. The van der Waals surface area contributed by atoms with Crippen molar-refractivity contribution < 1.29 is 14.3 Å². The van der Waals surface area contributed by atoms with Gasteiger partial charge in [0.2, 0.25) is 0 Å². The van der Waals surface area contributed by atoms with Gasteiger partial charge in [-0.2, -0.15) is 0 Å². The van der Waals surface area contributed by atoms with Crippen LogP contribution in [0.25, 0.3) is 5.69 Å². The number of aromatic nitrogens is 2. The van der Waals surface area contributed by atoms with Crippen molar-refractivity contribution in [3.05, 3.63) is 93.1 Å². The SMILES string of the molecule is COC(=O)c1cc(=O)n(C(=O)c2ccccc2)c(=S)n1-c1ccccc1. The molecule has 0 aliphatic rings. The summed E-state index contributed by atoms with van der Waals surface area (Å²) in [7, 11) is 1.21. The largest absolute Gasteiger partial charge is 0.464 e. The van der Waals surface area contributed by atoms with Crippen molar-refractivity contribution in [3.63, 3.8) is 0 Å². The zero-order valence-corrected chi connectivity index (χ0v) is 14.6. The molecule has 0 fully saturated rings. The average molecular weight is 366 g/mol. The van der Waals surface area contributed by atoms with Gasteiger partial charge in [0.15, 0.2) is 4.77 Å². The van der Waals surface area contributed by atoms with Crippen LogP contribution in [-0.4, -0.2) is 28.1 Å². The molecule has 1 heterocycles. The average Bonchev–Trinajstić information content (AvgIpc) is 2.68. The molecule has 0 radical (unpaired) electrons. The van der Waals surface area contributed by atoms with Gasteiger partial charge in [0, 0.05) is 17.3 Å². The predicted octanol–water partition coefficient (Wildman–Crippen LogP) is 2.84. The third-order valence-electron chi connectivity index (χ3n) is 3.74. The topological polar surface area (TPSA) is 70.3 Å². The number of methoxy groups -OCH3 is 1. The Morgan fingerprint density at radius 2 is 1.54 bits per heavy atom. The van der Waals surface area contributed by atoms with E-state index in [9.17, 15) is 14.4 Å². The Kier molecular flexibility index (Phi) is 4.90. The molecule has 0 aliphatic heterocycles. The fourth-order valence-corrected chi connectivity index (χ4v) is 2.90. The molecule has 0 bridgehead atoms. The van der Waals surface area contributed by atoms with Crippen LogP contribution in [0.4, 0.5) is 0 Å². The first-order valence-electron chi connectivity index (χ1n) is 7.67. The molecule has 0 saturated carbocycles. The predicted molar refractivity (Wildman–Crippen MR) is 98.4 cm³/mol. The Hall–Kier alpha value is -3.32. The number of nitrogens with zero attached hydrogens (tertiary/aromatic N) is 2. The van der Waals surface area contributed by atoms with Crippen LogP contribution in [0.15, 0.2) is 71.5 Å². The molecular weight excluding hydrogens is 352 g/mol. The Morgan fingerprint density at radius 3 is 2.12 bits per heavy atom. The van der Waals surface area contributed by atoms with Crippen molar-refractivity contribution in [1.82, 2.24) is 9.13 Å². The minimum Gasteiger partial charge on any atom is -0.464 e. The van der Waals surface area contributed by atoms with E-state index < -0.39 is 17.4 Å². The first-order chi connectivity index (χ1) is 12.5. The number of para-hydroxylation sites is 1. The molecule has 2 aromatic carbocycles. The number of carbonyl (C=O) groups is 2. The number of benzene rings is 2. The van der Waals surface area contributed by atoms with Crippen LogP contribution >= 0.6 is 12.2 Å². The van der Waals surface area contributed by atoms with Crippen LogP contribution < -0.4 is 5.56 Å². The van der Waals surface area contributed by atoms with Gasteiger partial charge in [-0.25, -0.2) is 9.36 Å². The lowest BCUT2D eigenvalue weighted by Gasteiger charge is -2.15. The summed E-state index contributed by atoms with van der Waals surface area (Å²) >= 11 is 5.39. The second kappa shape index (κ2) is 7.28. The van der Waals surface area contributed by atoms with Gasteiger partial charge in [-0.3, -0.25) is 14.2 Å². The summed E-state index contributed by atoms with van der Waals surface area (Å²) in [6.45, 7) is 0. The van der Waals surface area contributed by atoms with Crippen LogP contribution in [0, 0.1) is 4.77 Å². The van der Waals surface area contributed by atoms with Gasteiger partial charge in [0.05, 0.1) is 7.11 Å². The highest BCUT2D eigenvalue weighted by Gasteiger charge is 2.20. The molecule has 0 N–H and O–H groups in total. The zero-order valence-electron chi connectivity index (χ0n) is 13.8. The molecule has 0 spiro atoms. The first kappa shape index (κ1) is 17.5. The van der Waals surface area contributed by atoms with Crippen molar-refractivity contribution in [2.24, 2.45) is 0 Å². The van der Waals surface area contributed by atoms with E-state index in [0.29, 0.717) is 11.3 Å². The summed E-state index contributed by atoms with van der Waals surface area (Å²) in [6.07, 6.45) is 0. The minimum absolute atomic E-state index is 0.0502. The van der Waals surface area contributed by atoms with Crippen LogP contribution in [0.3, 0.4) is 0 Å². The normalized spacial score (nSPS) is 10.3. The Morgan fingerprint density at radius 1 is 0.962 bits per heavy atom. The monoisotopic (exact) mass is 366 g/mol. The number of esters is 1. The first-order valence-corrected chi connectivity index (χ1v) is 8.08. The van der Waals surface area contributed by atoms with Crippen molar-refractivity contribution in [1.29, 1.82) is 0 Å². The molecule has 0 atom stereocenters. The van der Waals surface area contributed by atoms with Gasteiger partial charge >= 0.3 is 5.97 Å². The molecule has 6 nitrogen and oxygen atoms in total. The van der Waals surface area contributed by atoms with E-state index in [1.807, 2.05) is 0 Å². The van der Waals surface area contributed by atoms with Gasteiger partial charge in [0.25, 0.3) is 11.5 Å². The van der Waals surface area contributed by atoms with E-state index in [4.69, 9.17) is 17.0 Å². The Balaban J connectivity index is 2.32. The molecule has 1 aromatic heterocycles. The molecule has 0 unspecified atom stereocenters. The fourth-order valence-electron chi connectivity index (χ4n) is 2.52. The molecule has 0 saturated heterocycles. The standard InChI is InChI=1S/C19H14N2O4S/c1-25-18(24)15-12-16(22)21(17(23)13-8-4-2-5-9-13)19(26)20(15)14-10-6-3-7-11-14/h2-12H,1H3. The Bertz CT molecular complexity index is 1090. The maximum atomic E-state index is 12.8. The molecule has 3 aromatic rings. The van der Waals surface area contributed by atoms with Crippen molar-refractivity contribution >= 4 is 24.1 Å². The van der Waals surface area contributed by atoms with Gasteiger partial charge < -0.3 is 4.74 Å². The molecule has 0 aliphatic carbocycles. The molecule has 130 valence electrons. The van der Waals surface area contributed by atoms with E-state index in [2.05, 4.69) is 0 Å². The number of rotatable bonds is 3. The van der Waals surface area contributed by atoms with Gasteiger partial charge in [0.1, 0.15) is 5.69 Å². The number of ether oxygens (including phenoxy) is 1. The van der Waals surface area contributed by atoms with E-state index in [1.165, 1.54) is 11.7 Å². The van der Waals surface area contributed by atoms with Crippen molar-refractivity contribution in [2.75, 3.05) is 7.11 Å². The fraction of sp³-hybridized carbons (Fsp3) is 0.0526. The highest BCUT2D eigenvalue weighted by molar-refractivity contribution is 7.71. The number of hydrogen-bond acceptors (Lipinski definition) is 5. The van der Waals surface area contributed by atoms with Crippen LogP contribution in [0.5, 0.6) is 0 Å². The summed E-state index contributed by atoms with van der Waals surface area (Å²) in [4.78, 5) is 37.5. The summed E-state index contributed by atoms with van der Waals surface area (Å²) in [5.74, 6) is -1.29. The van der Waals surface area contributed by atoms with Gasteiger partial charge in [-0.15, -0.1) is 0 Å². The van der Waals surface area contributed by atoms with Gasteiger partial charge in [-0.1, -0.05) is 36.4 Å². The molecule has 0 amide bonds. The molecule has 26 heavy (non-hydrogen) atoms. The lowest BCUT2D eigenvalue weighted by atomic mass is 10.2. The molecule has 3 rings (SSSR count). The maximum absolute atomic E-state index is 12.8. The lowest BCUT2D eigenvalue weighted by Crippen LogP contribution is -2.32. The van der Waals surface area contributed by atoms with Crippen LogP contribution in [0.2, 0.25) is 0 Å². The summed E-state index contributed by atoms with van der Waals surface area (Å²) < 4.78 is 6.86. The summed E-state index contributed by atoms with van der Waals surface area (Å²) in [5.41, 5.74) is 0.0980. The minimum atomic E-state index is -0.726. The third-order valence-corrected chi connectivity index (χ3v) is 4.10. The van der Waals surface area contributed by atoms with E-state index >= 15 is 0 Å². The second-order valence-corrected chi connectivity index (χ2v) is 5.68. The smallest absolute Gasteiger partial charge is 0.355 e. The highest BCUT2D eigenvalue weighted by Crippen LogP contribution is 2.13. The molecular formula is C19H14N2O4S. The van der Waals surface area contributed by atoms with E-state index in [1.54, 1.807) is 60.7 Å². The number of hydrogen-bond donors (Lipinski definition) is 0. The lowest BCUT2D eigenvalue weighted by molar-refractivity contribution is 0.0588. The Labute approximate surface area is 153 Å². The van der Waals surface area contributed by atoms with Crippen LogP contribution in [0.1, 0.15) is 20.8 Å². The van der Waals surface area contributed by atoms with Gasteiger partial charge in [-0.05, 0) is 36.5 Å². The summed E-state index contributed by atoms with van der Waals surface area (Å²) in [5, 5.41) is 0. The summed E-state index contributed by atoms with van der Waals surface area (Å²) in [6, 6.07) is 18.1. The van der Waals surface area contributed by atoms with E-state index in [0.717, 1.165) is 10.6 Å². The van der Waals surface area contributed by atoms with E-state index in [-0.39, 0.29) is 10.5 Å².